The molecule has 0 atom stereocenters. The standard InChI is InChI=1S/C10H10N2O3/c1-15-9-4-2-3-8-11-6-7(12(8)9)5-10(13)14/h2-4,6H,5H2,1H3,(H,13,14). The zero-order chi connectivity index (χ0) is 10.8. The third-order valence-corrected chi connectivity index (χ3v) is 2.11. The van der Waals surface area contributed by atoms with Crippen molar-refractivity contribution in [1.82, 2.24) is 9.38 Å². The van der Waals surface area contributed by atoms with Crippen LogP contribution in [0.2, 0.25) is 0 Å². The summed E-state index contributed by atoms with van der Waals surface area (Å²) in [5.74, 6) is -0.302. The molecule has 5 nitrogen and oxygen atoms in total. The molecule has 2 rings (SSSR count). The van der Waals surface area contributed by atoms with Crippen LogP contribution in [0.25, 0.3) is 5.65 Å². The molecule has 2 heterocycles. The first-order valence-corrected chi connectivity index (χ1v) is 4.43. The molecule has 0 aliphatic carbocycles. The van der Waals surface area contributed by atoms with E-state index in [9.17, 15) is 4.79 Å². The predicted octanol–water partition coefficient (Wildman–Crippen LogP) is 0.970. The maximum atomic E-state index is 10.6. The Labute approximate surface area is 85.9 Å². The maximum absolute atomic E-state index is 10.6. The monoisotopic (exact) mass is 206 g/mol. The van der Waals surface area contributed by atoms with Gasteiger partial charge in [0.2, 0.25) is 0 Å². The Balaban J connectivity index is 2.60. The van der Waals surface area contributed by atoms with Crippen LogP contribution in [0.15, 0.2) is 24.4 Å². The molecule has 0 amide bonds. The molecule has 0 fully saturated rings. The molecule has 15 heavy (non-hydrogen) atoms. The average Bonchev–Trinajstić information content (AvgIpc) is 2.61. The highest BCUT2D eigenvalue weighted by molar-refractivity contribution is 5.70. The third-order valence-electron chi connectivity index (χ3n) is 2.11. The van der Waals surface area contributed by atoms with Gasteiger partial charge >= 0.3 is 5.97 Å². The predicted molar refractivity (Wildman–Crippen MR) is 53.1 cm³/mol. The number of methoxy groups -OCH3 is 1. The topological polar surface area (TPSA) is 63.8 Å². The number of carboxylic acid groups (broad SMARTS) is 1. The summed E-state index contributed by atoms with van der Waals surface area (Å²) in [6, 6.07) is 5.37. The fourth-order valence-electron chi connectivity index (χ4n) is 1.51. The normalized spacial score (nSPS) is 10.5. The van der Waals surface area contributed by atoms with Crippen LogP contribution in [0.3, 0.4) is 0 Å². The smallest absolute Gasteiger partial charge is 0.309 e. The number of aliphatic carboxylic acids is 1. The van der Waals surface area contributed by atoms with Gasteiger partial charge in [0.25, 0.3) is 0 Å². The van der Waals surface area contributed by atoms with Crippen LogP contribution in [0, 0.1) is 0 Å². The molecule has 0 spiro atoms. The lowest BCUT2D eigenvalue weighted by molar-refractivity contribution is -0.136. The number of imidazole rings is 1. The minimum atomic E-state index is -0.886. The molecular weight excluding hydrogens is 196 g/mol. The number of nitrogens with zero attached hydrogens (tertiary/aromatic N) is 2. The number of aromatic nitrogens is 2. The van der Waals surface area contributed by atoms with E-state index in [1.54, 1.807) is 29.8 Å². The van der Waals surface area contributed by atoms with Gasteiger partial charge in [-0.25, -0.2) is 4.98 Å². The largest absolute Gasteiger partial charge is 0.482 e. The highest BCUT2D eigenvalue weighted by Crippen LogP contribution is 2.16. The molecular formula is C10H10N2O3. The molecule has 0 aliphatic heterocycles. The number of rotatable bonds is 3. The van der Waals surface area contributed by atoms with E-state index in [1.807, 2.05) is 6.07 Å². The Morgan fingerprint density at radius 1 is 1.60 bits per heavy atom. The summed E-state index contributed by atoms with van der Waals surface area (Å²) < 4.78 is 6.83. The molecule has 5 heteroatoms. The minimum absolute atomic E-state index is 0.0679. The molecule has 0 saturated carbocycles. The number of pyridine rings is 1. The van der Waals surface area contributed by atoms with E-state index in [4.69, 9.17) is 9.84 Å². The molecule has 78 valence electrons. The molecule has 0 aliphatic rings. The fourth-order valence-corrected chi connectivity index (χ4v) is 1.51. The molecule has 0 bridgehead atoms. The Bertz CT molecular complexity index is 504. The number of ether oxygens (including phenoxy) is 1. The van der Waals surface area contributed by atoms with Crippen molar-refractivity contribution >= 4 is 11.6 Å². The van der Waals surface area contributed by atoms with Crippen molar-refractivity contribution in [1.29, 1.82) is 0 Å². The molecule has 2 aromatic rings. The zero-order valence-electron chi connectivity index (χ0n) is 8.17. The summed E-state index contributed by atoms with van der Waals surface area (Å²) in [5.41, 5.74) is 1.29. The van der Waals surface area contributed by atoms with Gasteiger partial charge in [0.15, 0.2) is 5.88 Å². The van der Waals surface area contributed by atoms with E-state index in [2.05, 4.69) is 4.98 Å². The highest BCUT2D eigenvalue weighted by atomic mass is 16.5. The molecule has 1 N–H and O–H groups in total. The van der Waals surface area contributed by atoms with Crippen LogP contribution in [0.5, 0.6) is 5.88 Å². The quantitative estimate of drug-likeness (QED) is 0.812. The van der Waals surface area contributed by atoms with Crippen molar-refractivity contribution in [3.8, 4) is 5.88 Å². The molecule has 2 aromatic heterocycles. The van der Waals surface area contributed by atoms with Crippen LogP contribution in [-0.2, 0) is 11.2 Å². The molecule has 0 aromatic carbocycles. The second kappa shape index (κ2) is 3.61. The summed E-state index contributed by atoms with van der Waals surface area (Å²) in [6.45, 7) is 0. The van der Waals surface area contributed by atoms with Gasteiger partial charge in [0.1, 0.15) is 5.65 Å². The number of fused-ring (bicyclic) bond motifs is 1. The van der Waals surface area contributed by atoms with Gasteiger partial charge in [-0.1, -0.05) is 6.07 Å². The van der Waals surface area contributed by atoms with Crippen molar-refractivity contribution in [3.05, 3.63) is 30.1 Å². The van der Waals surface area contributed by atoms with E-state index in [1.165, 1.54) is 0 Å². The summed E-state index contributed by atoms with van der Waals surface area (Å²) in [6.07, 6.45) is 1.48. The van der Waals surface area contributed by atoms with Crippen LogP contribution in [0.1, 0.15) is 5.69 Å². The summed E-state index contributed by atoms with van der Waals surface area (Å²) in [5, 5.41) is 8.73. The van der Waals surface area contributed by atoms with Gasteiger partial charge in [-0.05, 0) is 12.1 Å². The Morgan fingerprint density at radius 2 is 2.40 bits per heavy atom. The zero-order valence-corrected chi connectivity index (χ0v) is 8.17. The van der Waals surface area contributed by atoms with Crippen molar-refractivity contribution in [3.63, 3.8) is 0 Å². The van der Waals surface area contributed by atoms with Crippen LogP contribution < -0.4 is 4.74 Å². The van der Waals surface area contributed by atoms with Gasteiger partial charge < -0.3 is 9.84 Å². The van der Waals surface area contributed by atoms with Crippen molar-refractivity contribution in [2.45, 2.75) is 6.42 Å². The van der Waals surface area contributed by atoms with Crippen LogP contribution >= 0.6 is 0 Å². The van der Waals surface area contributed by atoms with E-state index >= 15 is 0 Å². The third kappa shape index (κ3) is 1.63. The Hall–Kier alpha value is -2.04. The first-order chi connectivity index (χ1) is 7.22. The lowest BCUT2D eigenvalue weighted by Crippen LogP contribution is -2.04. The summed E-state index contributed by atoms with van der Waals surface area (Å²) in [7, 11) is 1.54. The maximum Gasteiger partial charge on any atom is 0.309 e. The highest BCUT2D eigenvalue weighted by Gasteiger charge is 2.10. The molecule has 0 saturated heterocycles. The lowest BCUT2D eigenvalue weighted by atomic mass is 10.3. The van der Waals surface area contributed by atoms with Gasteiger partial charge in [-0.3, -0.25) is 9.20 Å². The second-order valence-electron chi connectivity index (χ2n) is 3.08. The Kier molecular flexibility index (Phi) is 2.29. The van der Waals surface area contributed by atoms with Crippen molar-refractivity contribution in [2.75, 3.05) is 7.11 Å². The van der Waals surface area contributed by atoms with Gasteiger partial charge in [0, 0.05) is 6.20 Å². The lowest BCUT2D eigenvalue weighted by Gasteiger charge is -2.05. The average molecular weight is 206 g/mol. The van der Waals surface area contributed by atoms with E-state index < -0.39 is 5.97 Å². The van der Waals surface area contributed by atoms with Crippen molar-refractivity contribution in [2.24, 2.45) is 0 Å². The van der Waals surface area contributed by atoms with Gasteiger partial charge in [-0.2, -0.15) is 0 Å². The van der Waals surface area contributed by atoms with Gasteiger partial charge in [-0.15, -0.1) is 0 Å². The SMILES string of the molecule is COc1cccc2ncc(CC(=O)O)n12. The van der Waals surface area contributed by atoms with Crippen LogP contribution in [-0.4, -0.2) is 27.6 Å². The Morgan fingerprint density at radius 3 is 3.07 bits per heavy atom. The first-order valence-electron chi connectivity index (χ1n) is 4.43. The minimum Gasteiger partial charge on any atom is -0.482 e. The van der Waals surface area contributed by atoms with Crippen LogP contribution in [0.4, 0.5) is 0 Å². The van der Waals surface area contributed by atoms with E-state index in [0.29, 0.717) is 17.2 Å². The summed E-state index contributed by atoms with van der Waals surface area (Å²) in [4.78, 5) is 14.7. The fraction of sp³-hybridized carbons (Fsp3) is 0.200. The van der Waals surface area contributed by atoms with E-state index in [0.717, 1.165) is 0 Å². The number of hydrogen-bond donors (Lipinski definition) is 1. The number of carbonyl (C=O) groups is 1. The first kappa shape index (κ1) is 9.51. The molecule has 0 unspecified atom stereocenters. The van der Waals surface area contributed by atoms with Gasteiger partial charge in [0.05, 0.1) is 19.2 Å². The number of carboxylic acids is 1. The molecule has 0 radical (unpaired) electrons. The number of hydrogen-bond acceptors (Lipinski definition) is 3. The second-order valence-corrected chi connectivity index (χ2v) is 3.08. The van der Waals surface area contributed by atoms with E-state index in [-0.39, 0.29) is 6.42 Å². The summed E-state index contributed by atoms with van der Waals surface area (Å²) >= 11 is 0. The van der Waals surface area contributed by atoms with Crippen molar-refractivity contribution < 1.29 is 14.6 Å².